The SMILES string of the molecule is Cc1ccc(N2C[C@@H]3COC[C@H](C2)N(Cc2ccc4c(c2)CCO4)C3)nn1.O=CO.O=CO. The van der Waals surface area contributed by atoms with Crippen molar-refractivity contribution in [3.8, 4) is 5.75 Å². The molecule has 0 spiro atoms. The molecule has 1 aromatic carbocycles. The van der Waals surface area contributed by atoms with Crippen LogP contribution in [0.4, 0.5) is 5.82 Å². The highest BCUT2D eigenvalue weighted by Crippen LogP contribution is 2.28. The van der Waals surface area contributed by atoms with Crippen LogP contribution in [0.3, 0.4) is 0 Å². The molecule has 10 nitrogen and oxygen atoms in total. The molecule has 10 heteroatoms. The predicted molar refractivity (Wildman–Crippen MR) is 121 cm³/mol. The molecule has 2 atom stereocenters. The summed E-state index contributed by atoms with van der Waals surface area (Å²) in [5, 5.41) is 22.5. The minimum atomic E-state index is -0.250. The fourth-order valence-electron chi connectivity index (χ4n) is 4.44. The first-order valence-corrected chi connectivity index (χ1v) is 10.8. The second-order valence-electron chi connectivity index (χ2n) is 8.18. The molecule has 0 aliphatic carbocycles. The summed E-state index contributed by atoms with van der Waals surface area (Å²) in [5.74, 6) is 2.52. The normalized spacial score (nSPS) is 21.2. The molecule has 2 N–H and O–H groups in total. The highest BCUT2D eigenvalue weighted by Gasteiger charge is 2.34. The monoisotopic (exact) mass is 458 g/mol. The van der Waals surface area contributed by atoms with Gasteiger partial charge in [0.1, 0.15) is 5.75 Å². The van der Waals surface area contributed by atoms with Crippen molar-refractivity contribution in [1.29, 1.82) is 0 Å². The Hall–Kier alpha value is -3.24. The van der Waals surface area contributed by atoms with Crippen molar-refractivity contribution < 1.29 is 29.3 Å². The summed E-state index contributed by atoms with van der Waals surface area (Å²) in [7, 11) is 0. The van der Waals surface area contributed by atoms with Gasteiger partial charge in [0.05, 0.1) is 31.6 Å². The predicted octanol–water partition coefficient (Wildman–Crippen LogP) is 1.46. The fraction of sp³-hybridized carbons (Fsp3) is 0.478. The zero-order valence-corrected chi connectivity index (χ0v) is 18.7. The molecule has 4 heterocycles. The van der Waals surface area contributed by atoms with E-state index in [1.807, 2.05) is 13.0 Å². The lowest BCUT2D eigenvalue weighted by molar-refractivity contribution is -0.123. The number of anilines is 1. The Morgan fingerprint density at radius 1 is 1.06 bits per heavy atom. The number of hydrogen-bond donors (Lipinski definition) is 2. The molecule has 3 aliphatic rings. The van der Waals surface area contributed by atoms with E-state index in [0.717, 1.165) is 69.7 Å². The molecule has 2 aromatic rings. The number of benzene rings is 1. The number of carboxylic acid groups (broad SMARTS) is 2. The number of carbonyl (C=O) groups is 2. The standard InChI is InChI=1S/C21H26N4O2.2CH2O2/c1-15-2-5-21(23-22-15)25-11-17-10-24(19(12-25)14-26-13-17)9-16-3-4-20-18(8-16)6-7-27-20;2*2-1-3/h2-5,8,17,19H,6-7,9-14H2,1H3;2*1H,(H,2,3)/t17-,19+;;/m1../s1. The van der Waals surface area contributed by atoms with Gasteiger partial charge in [0, 0.05) is 38.5 Å². The zero-order chi connectivity index (χ0) is 23.6. The van der Waals surface area contributed by atoms with E-state index in [1.54, 1.807) is 0 Å². The number of nitrogens with zero attached hydrogens (tertiary/aromatic N) is 4. The van der Waals surface area contributed by atoms with Gasteiger partial charge in [-0.15, -0.1) is 5.10 Å². The van der Waals surface area contributed by atoms with Gasteiger partial charge in [-0.3, -0.25) is 14.5 Å². The maximum atomic E-state index is 8.36. The van der Waals surface area contributed by atoms with Crippen molar-refractivity contribution >= 4 is 18.8 Å². The minimum absolute atomic E-state index is 0.250. The number of ether oxygens (including phenoxy) is 2. The van der Waals surface area contributed by atoms with E-state index >= 15 is 0 Å². The number of hydrogen-bond acceptors (Lipinski definition) is 8. The molecule has 0 amide bonds. The average molecular weight is 459 g/mol. The van der Waals surface area contributed by atoms with Crippen molar-refractivity contribution in [3.05, 3.63) is 47.2 Å². The number of aryl methyl sites for hydroxylation is 1. The van der Waals surface area contributed by atoms with Crippen molar-refractivity contribution in [2.75, 3.05) is 44.4 Å². The van der Waals surface area contributed by atoms with E-state index in [4.69, 9.17) is 29.3 Å². The van der Waals surface area contributed by atoms with Crippen molar-refractivity contribution in [1.82, 2.24) is 15.1 Å². The molecule has 0 unspecified atom stereocenters. The van der Waals surface area contributed by atoms with E-state index in [0.29, 0.717) is 12.0 Å². The first-order chi connectivity index (χ1) is 16.1. The Morgan fingerprint density at radius 3 is 2.58 bits per heavy atom. The highest BCUT2D eigenvalue weighted by molar-refractivity contribution is 5.40. The number of aromatic nitrogens is 2. The van der Waals surface area contributed by atoms with Crippen LogP contribution in [-0.2, 0) is 27.3 Å². The summed E-state index contributed by atoms with van der Waals surface area (Å²) in [6, 6.07) is 11.2. The molecule has 1 aromatic heterocycles. The smallest absolute Gasteiger partial charge is 0.290 e. The van der Waals surface area contributed by atoms with Crippen LogP contribution in [0, 0.1) is 12.8 Å². The third kappa shape index (κ3) is 6.62. The molecular weight excluding hydrogens is 428 g/mol. The van der Waals surface area contributed by atoms with E-state index in [9.17, 15) is 0 Å². The van der Waals surface area contributed by atoms with Crippen molar-refractivity contribution in [3.63, 3.8) is 0 Å². The van der Waals surface area contributed by atoms with Crippen molar-refractivity contribution in [2.45, 2.75) is 25.9 Å². The van der Waals surface area contributed by atoms with Gasteiger partial charge < -0.3 is 24.6 Å². The quantitative estimate of drug-likeness (QED) is 0.653. The van der Waals surface area contributed by atoms with Crippen LogP contribution in [0.15, 0.2) is 30.3 Å². The summed E-state index contributed by atoms with van der Waals surface area (Å²) in [6.45, 7) is 7.82. The lowest BCUT2D eigenvalue weighted by Crippen LogP contribution is -2.43. The maximum Gasteiger partial charge on any atom is 0.290 e. The molecular formula is C23H30N4O6. The molecule has 5 rings (SSSR count). The number of fused-ring (bicyclic) bond motifs is 4. The molecule has 33 heavy (non-hydrogen) atoms. The Kier molecular flexibility index (Phi) is 8.96. The minimum Gasteiger partial charge on any atom is -0.493 e. The van der Waals surface area contributed by atoms with Crippen molar-refractivity contribution in [2.24, 2.45) is 5.92 Å². The second kappa shape index (κ2) is 12.1. The van der Waals surface area contributed by atoms with Gasteiger partial charge in [-0.1, -0.05) is 12.1 Å². The molecule has 3 aliphatic heterocycles. The average Bonchev–Trinajstić information content (AvgIpc) is 3.08. The van der Waals surface area contributed by atoms with Gasteiger partial charge in [0.25, 0.3) is 12.9 Å². The van der Waals surface area contributed by atoms with E-state index in [2.05, 4.69) is 44.3 Å². The zero-order valence-electron chi connectivity index (χ0n) is 18.7. The third-order valence-electron chi connectivity index (χ3n) is 5.83. The van der Waals surface area contributed by atoms with E-state index in [-0.39, 0.29) is 12.9 Å². The topological polar surface area (TPSA) is 125 Å². The number of rotatable bonds is 3. The van der Waals surface area contributed by atoms with Crippen LogP contribution in [-0.4, -0.2) is 83.8 Å². The molecule has 2 fully saturated rings. The summed E-state index contributed by atoms with van der Waals surface area (Å²) in [5.41, 5.74) is 3.67. The lowest BCUT2D eigenvalue weighted by Gasteiger charge is -2.31. The third-order valence-corrected chi connectivity index (χ3v) is 5.83. The van der Waals surface area contributed by atoms with Gasteiger partial charge in [0.15, 0.2) is 5.82 Å². The molecule has 0 saturated carbocycles. The fourth-order valence-corrected chi connectivity index (χ4v) is 4.44. The van der Waals surface area contributed by atoms with E-state index < -0.39 is 0 Å². The van der Waals surface area contributed by atoms with Gasteiger partial charge in [-0.2, -0.15) is 5.10 Å². The Bertz CT molecular complexity index is 904. The summed E-state index contributed by atoms with van der Waals surface area (Å²) in [4.78, 5) is 21.7. The molecule has 0 radical (unpaired) electrons. The van der Waals surface area contributed by atoms with Crippen LogP contribution < -0.4 is 9.64 Å². The Morgan fingerprint density at radius 2 is 1.85 bits per heavy atom. The van der Waals surface area contributed by atoms with Gasteiger partial charge in [-0.05, 0) is 36.2 Å². The van der Waals surface area contributed by atoms with Crippen LogP contribution in [0.1, 0.15) is 16.8 Å². The first-order valence-electron chi connectivity index (χ1n) is 10.8. The molecule has 2 bridgehead atoms. The van der Waals surface area contributed by atoms with Crippen LogP contribution in [0.25, 0.3) is 0 Å². The van der Waals surface area contributed by atoms with Crippen LogP contribution in [0.5, 0.6) is 5.75 Å². The lowest BCUT2D eigenvalue weighted by atomic mass is 10.1. The molecule has 2 saturated heterocycles. The van der Waals surface area contributed by atoms with Crippen LogP contribution >= 0.6 is 0 Å². The van der Waals surface area contributed by atoms with Gasteiger partial charge >= 0.3 is 0 Å². The second-order valence-corrected chi connectivity index (χ2v) is 8.18. The Labute approximate surface area is 192 Å². The first kappa shape index (κ1) is 24.4. The maximum absolute atomic E-state index is 8.36. The van der Waals surface area contributed by atoms with E-state index in [1.165, 1.54) is 11.1 Å². The van der Waals surface area contributed by atoms with Gasteiger partial charge in [0.2, 0.25) is 0 Å². The summed E-state index contributed by atoms with van der Waals surface area (Å²) < 4.78 is 11.6. The summed E-state index contributed by atoms with van der Waals surface area (Å²) in [6.07, 6.45) is 1.03. The van der Waals surface area contributed by atoms with Gasteiger partial charge in [-0.25, -0.2) is 0 Å². The summed E-state index contributed by atoms with van der Waals surface area (Å²) >= 11 is 0. The Balaban J connectivity index is 0.000000464. The largest absolute Gasteiger partial charge is 0.493 e. The van der Waals surface area contributed by atoms with Crippen LogP contribution in [0.2, 0.25) is 0 Å². The molecule has 178 valence electrons. The highest BCUT2D eigenvalue weighted by atomic mass is 16.5.